The number of sulfonamides is 1. The number of aromatic nitrogens is 3. The van der Waals surface area contributed by atoms with Crippen LogP contribution < -0.4 is 5.32 Å². The second-order valence-electron chi connectivity index (χ2n) is 7.95. The predicted octanol–water partition coefficient (Wildman–Crippen LogP) is 1.68. The van der Waals surface area contributed by atoms with Crippen LogP contribution in [0.1, 0.15) is 47.3 Å². The van der Waals surface area contributed by atoms with E-state index < -0.39 is 10.0 Å². The third kappa shape index (κ3) is 3.64. The Morgan fingerprint density at radius 2 is 2.00 bits per heavy atom. The van der Waals surface area contributed by atoms with Gasteiger partial charge in [0.2, 0.25) is 10.0 Å². The van der Waals surface area contributed by atoms with Gasteiger partial charge >= 0.3 is 0 Å². The Morgan fingerprint density at radius 1 is 1.21 bits per heavy atom. The van der Waals surface area contributed by atoms with Crippen LogP contribution in [-0.2, 0) is 23.0 Å². The maximum atomic E-state index is 13.2. The average Bonchev–Trinajstić information content (AvgIpc) is 3.05. The molecular formula is C19H28N6O3S. The molecule has 158 valence electrons. The summed E-state index contributed by atoms with van der Waals surface area (Å²) in [6, 6.07) is 0. The highest BCUT2D eigenvalue weighted by atomic mass is 32.2. The maximum Gasteiger partial charge on any atom is 0.248 e. The van der Waals surface area contributed by atoms with E-state index >= 15 is 0 Å². The van der Waals surface area contributed by atoms with Crippen LogP contribution in [-0.4, -0.2) is 66.5 Å². The van der Waals surface area contributed by atoms with Gasteiger partial charge in [-0.15, -0.1) is 0 Å². The number of likely N-dealkylation sites (tertiary alicyclic amines) is 1. The van der Waals surface area contributed by atoms with Crippen LogP contribution in [0, 0.1) is 13.8 Å². The first-order valence-electron chi connectivity index (χ1n) is 10.00. The molecule has 29 heavy (non-hydrogen) atoms. The van der Waals surface area contributed by atoms with Crippen molar-refractivity contribution in [3.63, 3.8) is 0 Å². The molecule has 0 amide bonds. The van der Waals surface area contributed by atoms with Crippen molar-refractivity contribution in [1.29, 1.82) is 0 Å². The van der Waals surface area contributed by atoms with E-state index in [1.54, 1.807) is 13.8 Å². The van der Waals surface area contributed by atoms with Gasteiger partial charge in [0, 0.05) is 44.6 Å². The lowest BCUT2D eigenvalue weighted by Gasteiger charge is -2.31. The Labute approximate surface area is 171 Å². The van der Waals surface area contributed by atoms with Gasteiger partial charge in [0.15, 0.2) is 5.76 Å². The topological polar surface area (TPSA) is 104 Å². The van der Waals surface area contributed by atoms with Gasteiger partial charge in [-0.2, -0.15) is 4.31 Å². The molecule has 0 saturated carbocycles. The van der Waals surface area contributed by atoms with Gasteiger partial charge in [-0.1, -0.05) is 5.16 Å². The van der Waals surface area contributed by atoms with Gasteiger partial charge in [0.1, 0.15) is 22.2 Å². The lowest BCUT2D eigenvalue weighted by molar-refractivity contribution is 0.245. The van der Waals surface area contributed by atoms with Crippen LogP contribution in [0.4, 0.5) is 5.82 Å². The Morgan fingerprint density at radius 3 is 2.66 bits per heavy atom. The van der Waals surface area contributed by atoms with Crippen molar-refractivity contribution in [2.24, 2.45) is 0 Å². The van der Waals surface area contributed by atoms with Crippen LogP contribution >= 0.6 is 0 Å². The average molecular weight is 421 g/mol. The highest BCUT2D eigenvalue weighted by molar-refractivity contribution is 7.89. The molecule has 4 heterocycles. The molecule has 0 radical (unpaired) electrons. The molecule has 4 rings (SSSR count). The number of nitrogens with one attached hydrogen (secondary N) is 1. The zero-order valence-electron chi connectivity index (χ0n) is 17.4. The Hall–Kier alpha value is -2.04. The zero-order chi connectivity index (χ0) is 20.8. The number of hydrogen-bond donors (Lipinski definition) is 1. The molecule has 0 spiro atoms. The van der Waals surface area contributed by atoms with Gasteiger partial charge < -0.3 is 14.7 Å². The van der Waals surface area contributed by atoms with E-state index in [2.05, 4.69) is 22.4 Å². The highest BCUT2D eigenvalue weighted by Gasteiger charge is 2.35. The fourth-order valence-electron chi connectivity index (χ4n) is 4.35. The van der Waals surface area contributed by atoms with Crippen LogP contribution in [0.2, 0.25) is 0 Å². The number of anilines is 1. The summed E-state index contributed by atoms with van der Waals surface area (Å²) in [4.78, 5) is 12.1. The van der Waals surface area contributed by atoms with Crippen molar-refractivity contribution in [1.82, 2.24) is 24.3 Å². The van der Waals surface area contributed by atoms with Crippen molar-refractivity contribution in [3.05, 3.63) is 28.5 Å². The highest BCUT2D eigenvalue weighted by Crippen LogP contribution is 2.32. The summed E-state index contributed by atoms with van der Waals surface area (Å²) in [6.45, 7) is 5.95. The monoisotopic (exact) mass is 420 g/mol. The lowest BCUT2D eigenvalue weighted by atomic mass is 9.97. The van der Waals surface area contributed by atoms with Crippen LogP contribution in [0.15, 0.2) is 9.42 Å². The molecular weight excluding hydrogens is 392 g/mol. The summed E-state index contributed by atoms with van der Waals surface area (Å²) in [5, 5.41) is 6.96. The second-order valence-corrected chi connectivity index (χ2v) is 9.82. The van der Waals surface area contributed by atoms with E-state index in [0.29, 0.717) is 30.3 Å². The first-order valence-corrected chi connectivity index (χ1v) is 11.4. The Bertz CT molecular complexity index is 982. The van der Waals surface area contributed by atoms with Crippen molar-refractivity contribution < 1.29 is 12.9 Å². The molecule has 1 atom stereocenters. The molecule has 2 aliphatic rings. The second kappa shape index (κ2) is 7.66. The molecule has 1 fully saturated rings. The molecule has 0 aliphatic carbocycles. The fraction of sp³-hybridized carbons (Fsp3) is 0.632. The fourth-order valence-corrected chi connectivity index (χ4v) is 6.05. The standard InChI is InChI=1S/C19H28N6O3S/c1-12-17(13(2)28-23-12)29(26,27)25-9-7-16-15(11-25)19(20-3)22-18(21-16)14-6-5-8-24(4)10-14/h14H,5-11H2,1-4H3,(H,20,21,22)/t14-/m1/s1. The minimum atomic E-state index is -3.70. The molecule has 2 aromatic rings. The Balaban J connectivity index is 1.66. The van der Waals surface area contributed by atoms with Gasteiger partial charge in [0.25, 0.3) is 0 Å². The summed E-state index contributed by atoms with van der Waals surface area (Å²) in [5.41, 5.74) is 2.18. The minimum absolute atomic E-state index is 0.162. The summed E-state index contributed by atoms with van der Waals surface area (Å²) in [5.74, 6) is 2.21. The van der Waals surface area contributed by atoms with Gasteiger partial charge in [0.05, 0.1) is 5.69 Å². The van der Waals surface area contributed by atoms with E-state index in [9.17, 15) is 8.42 Å². The third-order valence-corrected chi connectivity index (χ3v) is 7.92. The summed E-state index contributed by atoms with van der Waals surface area (Å²) in [6.07, 6.45) is 2.78. The number of piperidine rings is 1. The molecule has 1 saturated heterocycles. The summed E-state index contributed by atoms with van der Waals surface area (Å²) >= 11 is 0. The van der Waals surface area contributed by atoms with E-state index in [0.717, 1.165) is 48.8 Å². The smallest absolute Gasteiger partial charge is 0.248 e. The first-order chi connectivity index (χ1) is 13.8. The van der Waals surface area contributed by atoms with Gasteiger partial charge in [-0.25, -0.2) is 18.4 Å². The van der Waals surface area contributed by atoms with E-state index in [1.807, 2.05) is 7.05 Å². The van der Waals surface area contributed by atoms with Crippen LogP contribution in [0.3, 0.4) is 0 Å². The van der Waals surface area contributed by atoms with E-state index in [-0.39, 0.29) is 11.4 Å². The molecule has 0 bridgehead atoms. The molecule has 1 N–H and O–H groups in total. The van der Waals surface area contributed by atoms with Crippen LogP contribution in [0.5, 0.6) is 0 Å². The number of rotatable bonds is 4. The predicted molar refractivity (Wildman–Crippen MR) is 108 cm³/mol. The zero-order valence-corrected chi connectivity index (χ0v) is 18.2. The largest absolute Gasteiger partial charge is 0.373 e. The van der Waals surface area contributed by atoms with E-state index in [4.69, 9.17) is 14.5 Å². The van der Waals surface area contributed by atoms with Crippen molar-refractivity contribution >= 4 is 15.8 Å². The quantitative estimate of drug-likeness (QED) is 0.797. The molecule has 0 unspecified atom stereocenters. The van der Waals surface area contributed by atoms with Crippen molar-refractivity contribution in [2.75, 3.05) is 39.0 Å². The Kier molecular flexibility index (Phi) is 5.34. The molecule has 0 aromatic carbocycles. The SMILES string of the molecule is CNc1nc([C@@H]2CCCN(C)C2)nc2c1CN(S(=O)(=O)c1c(C)noc1C)CC2. The van der Waals surface area contributed by atoms with Crippen molar-refractivity contribution in [2.45, 2.75) is 50.5 Å². The van der Waals surface area contributed by atoms with Crippen LogP contribution in [0.25, 0.3) is 0 Å². The number of likely N-dealkylation sites (N-methyl/N-ethyl adjacent to an activating group) is 1. The third-order valence-electron chi connectivity index (χ3n) is 5.83. The normalized spacial score (nSPS) is 21.2. The van der Waals surface area contributed by atoms with Gasteiger partial charge in [-0.05, 0) is 40.3 Å². The van der Waals surface area contributed by atoms with Gasteiger partial charge in [-0.3, -0.25) is 0 Å². The summed E-state index contributed by atoms with van der Waals surface area (Å²) < 4.78 is 33.0. The summed E-state index contributed by atoms with van der Waals surface area (Å²) in [7, 11) is 0.248. The lowest BCUT2D eigenvalue weighted by Crippen LogP contribution is -2.38. The first kappa shape index (κ1) is 20.2. The molecule has 2 aromatic heterocycles. The molecule has 10 heteroatoms. The number of aryl methyl sites for hydroxylation is 2. The minimum Gasteiger partial charge on any atom is -0.373 e. The molecule has 2 aliphatic heterocycles. The number of hydrogen-bond acceptors (Lipinski definition) is 8. The van der Waals surface area contributed by atoms with Crippen molar-refractivity contribution in [3.8, 4) is 0 Å². The number of nitrogens with zero attached hydrogens (tertiary/aromatic N) is 5. The number of fused-ring (bicyclic) bond motifs is 1. The van der Waals surface area contributed by atoms with E-state index in [1.165, 1.54) is 4.31 Å². The molecule has 9 nitrogen and oxygen atoms in total. The maximum absolute atomic E-state index is 13.2.